The lowest BCUT2D eigenvalue weighted by molar-refractivity contribution is -0.148. The maximum Gasteiger partial charge on any atom is 0.245 e. The molecule has 42 heavy (non-hydrogen) atoms. The van der Waals surface area contributed by atoms with Gasteiger partial charge in [-0.15, -0.1) is 0 Å². The van der Waals surface area contributed by atoms with E-state index in [1.54, 1.807) is 21.0 Å². The highest BCUT2D eigenvalue weighted by atomic mass is 16.2. The number of ketones is 1. The molecule has 0 aliphatic rings. The summed E-state index contributed by atoms with van der Waals surface area (Å²) in [6.07, 6.45) is 1.02. The molecule has 0 bridgehead atoms. The van der Waals surface area contributed by atoms with Crippen LogP contribution in [0.3, 0.4) is 0 Å². The van der Waals surface area contributed by atoms with Crippen LogP contribution in [0.15, 0.2) is 24.6 Å². The molecule has 0 aromatic carbocycles. The predicted molar refractivity (Wildman–Crippen MR) is 172 cm³/mol. The van der Waals surface area contributed by atoms with E-state index in [0.717, 1.165) is 5.70 Å². The fourth-order valence-electron chi connectivity index (χ4n) is 4.78. The Kier molecular flexibility index (Phi) is 16.1. The summed E-state index contributed by atoms with van der Waals surface area (Å²) in [5.41, 5.74) is 1.38. The van der Waals surface area contributed by atoms with E-state index >= 15 is 0 Å². The lowest BCUT2D eigenvalue weighted by Gasteiger charge is -2.36. The fourth-order valence-corrected chi connectivity index (χ4v) is 4.78. The molecule has 6 atom stereocenters. The molecule has 9 nitrogen and oxygen atoms in total. The van der Waals surface area contributed by atoms with Crippen LogP contribution in [0.4, 0.5) is 0 Å². The highest BCUT2D eigenvalue weighted by molar-refractivity contribution is 5.93. The fraction of sp³-hybridized carbons (Fsp3) is 0.758. The Morgan fingerprint density at radius 2 is 1.10 bits per heavy atom. The van der Waals surface area contributed by atoms with E-state index in [0.29, 0.717) is 24.5 Å². The Bertz CT molecular complexity index is 960. The molecular weight excluding hydrogens is 530 g/mol. The minimum absolute atomic E-state index is 0.0709. The summed E-state index contributed by atoms with van der Waals surface area (Å²) in [4.78, 5) is 57.5. The first kappa shape index (κ1) is 39.2. The Morgan fingerprint density at radius 1 is 0.643 bits per heavy atom. The van der Waals surface area contributed by atoms with Crippen molar-refractivity contribution in [3.05, 3.63) is 24.6 Å². The van der Waals surface area contributed by atoms with E-state index in [1.165, 1.54) is 16.7 Å². The van der Waals surface area contributed by atoms with Gasteiger partial charge in [0.15, 0.2) is 5.78 Å². The Balaban J connectivity index is 5.54. The van der Waals surface area contributed by atoms with Gasteiger partial charge in [0.05, 0.1) is 12.1 Å². The van der Waals surface area contributed by atoms with Gasteiger partial charge < -0.3 is 25.3 Å². The summed E-state index contributed by atoms with van der Waals surface area (Å²) in [6.45, 7) is 29.5. The standard InChI is InChI=1S/C33H61N5O4/c1-19(2)17-29(28(13)39)37(15)33(42)30(18-20(3)4)38(16)32(41)25(10)34-23(8)24(9)35-31(40)27(12)36(14)26(11)22(7)21(5)6/h19-22,24-25,27,29-30,34H,8,11,17-18H2,1-7,9-10,12-16H3,(H,35,40)/t22-,24-,25+,27-,29-,30-/m0/s1. The molecular formula is C33H61N5O4. The van der Waals surface area contributed by atoms with Crippen LogP contribution in [0.5, 0.6) is 0 Å². The van der Waals surface area contributed by atoms with Gasteiger partial charge in [0.2, 0.25) is 17.7 Å². The summed E-state index contributed by atoms with van der Waals surface area (Å²) in [6, 6.07) is -2.84. The van der Waals surface area contributed by atoms with Gasteiger partial charge in [-0.05, 0) is 64.2 Å². The lowest BCUT2D eigenvalue weighted by Crippen LogP contribution is -2.56. The average Bonchev–Trinajstić information content (AvgIpc) is 2.90. The minimum atomic E-state index is -0.719. The largest absolute Gasteiger partial charge is 0.376 e. The third-order valence-corrected chi connectivity index (χ3v) is 8.37. The van der Waals surface area contributed by atoms with Crippen LogP contribution >= 0.6 is 0 Å². The van der Waals surface area contributed by atoms with Crippen molar-refractivity contribution in [3.8, 4) is 0 Å². The normalized spacial score (nSPS) is 15.7. The highest BCUT2D eigenvalue weighted by Gasteiger charge is 2.36. The number of amides is 3. The molecule has 0 aliphatic heterocycles. The molecule has 0 aliphatic carbocycles. The molecule has 0 heterocycles. The monoisotopic (exact) mass is 591 g/mol. The molecule has 0 fully saturated rings. The van der Waals surface area contributed by atoms with E-state index in [9.17, 15) is 19.2 Å². The van der Waals surface area contributed by atoms with Crippen molar-refractivity contribution in [1.82, 2.24) is 25.3 Å². The van der Waals surface area contributed by atoms with Gasteiger partial charge in [-0.2, -0.15) is 0 Å². The number of likely N-dealkylation sites (N-methyl/N-ethyl adjacent to an activating group) is 3. The van der Waals surface area contributed by atoms with Crippen LogP contribution < -0.4 is 10.6 Å². The van der Waals surface area contributed by atoms with Crippen molar-refractivity contribution >= 4 is 23.5 Å². The first-order valence-electron chi connectivity index (χ1n) is 15.4. The van der Waals surface area contributed by atoms with Gasteiger partial charge in [0, 0.05) is 32.5 Å². The first-order valence-corrected chi connectivity index (χ1v) is 15.4. The number of Topliss-reactive ketones (excluding diaryl/α,β-unsaturated/α-hetero) is 1. The van der Waals surface area contributed by atoms with Gasteiger partial charge in [0.25, 0.3) is 0 Å². The molecule has 0 aromatic heterocycles. The average molecular weight is 592 g/mol. The topological polar surface area (TPSA) is 102 Å². The second kappa shape index (κ2) is 17.3. The number of nitrogens with one attached hydrogen (secondary N) is 2. The van der Waals surface area contributed by atoms with E-state index in [2.05, 4.69) is 44.6 Å². The number of carbonyl (C=O) groups excluding carboxylic acids is 4. The number of allylic oxidation sites excluding steroid dienone is 1. The van der Waals surface area contributed by atoms with Crippen LogP contribution in [0.1, 0.15) is 89.0 Å². The lowest BCUT2D eigenvalue weighted by atomic mass is 9.94. The Hall–Kier alpha value is -2.84. The Morgan fingerprint density at radius 3 is 1.52 bits per heavy atom. The van der Waals surface area contributed by atoms with Crippen LogP contribution in [0, 0.1) is 23.7 Å². The van der Waals surface area contributed by atoms with E-state index in [1.807, 2.05) is 53.5 Å². The van der Waals surface area contributed by atoms with E-state index < -0.39 is 30.2 Å². The van der Waals surface area contributed by atoms with Crippen molar-refractivity contribution in [2.75, 3.05) is 21.1 Å². The number of hydrogen-bond donors (Lipinski definition) is 2. The molecule has 0 rings (SSSR count). The van der Waals surface area contributed by atoms with Gasteiger partial charge in [-0.1, -0.05) is 61.6 Å². The maximum atomic E-state index is 13.7. The maximum absolute atomic E-state index is 13.7. The number of rotatable bonds is 18. The van der Waals surface area contributed by atoms with Crippen LogP contribution in [-0.4, -0.2) is 89.6 Å². The van der Waals surface area contributed by atoms with Crippen molar-refractivity contribution in [2.45, 2.75) is 119 Å². The summed E-state index contributed by atoms with van der Waals surface area (Å²) in [7, 11) is 5.14. The van der Waals surface area contributed by atoms with Crippen LogP contribution in [0.25, 0.3) is 0 Å². The van der Waals surface area contributed by atoms with Gasteiger partial charge in [-0.25, -0.2) is 0 Å². The van der Waals surface area contributed by atoms with Crippen LogP contribution in [-0.2, 0) is 19.2 Å². The smallest absolute Gasteiger partial charge is 0.245 e. The van der Waals surface area contributed by atoms with Gasteiger partial charge in [-0.3, -0.25) is 19.2 Å². The Labute approximate surface area is 256 Å². The summed E-state index contributed by atoms with van der Waals surface area (Å²) in [5.74, 6) is 0.249. The molecule has 242 valence electrons. The number of carbonyl (C=O) groups is 4. The van der Waals surface area contributed by atoms with Crippen molar-refractivity contribution in [1.29, 1.82) is 0 Å². The van der Waals surface area contributed by atoms with Crippen molar-refractivity contribution in [3.63, 3.8) is 0 Å². The summed E-state index contributed by atoms with van der Waals surface area (Å²) in [5, 5.41) is 6.10. The molecule has 2 N–H and O–H groups in total. The number of nitrogens with zero attached hydrogens (tertiary/aromatic N) is 3. The SMILES string of the molecule is C=C(N[C@H](C)C(=O)N(C)[C@@H](CC(C)C)C(=O)N(C)[C@@H](CC(C)C)C(C)=O)[C@H](C)NC(=O)[C@H](C)N(C)C(=C)[C@@H](C)C(C)C. The summed E-state index contributed by atoms with van der Waals surface area (Å²) >= 11 is 0. The van der Waals surface area contributed by atoms with Crippen molar-refractivity contribution in [2.24, 2.45) is 23.7 Å². The molecule has 0 radical (unpaired) electrons. The second-order valence-electron chi connectivity index (χ2n) is 13.2. The van der Waals surface area contributed by atoms with Crippen LogP contribution in [0.2, 0.25) is 0 Å². The molecule has 3 amide bonds. The quantitative estimate of drug-likeness (QED) is 0.244. The zero-order valence-corrected chi connectivity index (χ0v) is 29.0. The molecule has 0 spiro atoms. The minimum Gasteiger partial charge on any atom is -0.376 e. The first-order chi connectivity index (χ1) is 19.1. The molecule has 0 saturated carbocycles. The predicted octanol–water partition coefficient (Wildman–Crippen LogP) is 4.44. The summed E-state index contributed by atoms with van der Waals surface area (Å²) < 4.78 is 0. The molecule has 0 unspecified atom stereocenters. The van der Waals surface area contributed by atoms with Gasteiger partial charge >= 0.3 is 0 Å². The van der Waals surface area contributed by atoms with E-state index in [-0.39, 0.29) is 41.3 Å². The zero-order chi connectivity index (χ0) is 33.2. The van der Waals surface area contributed by atoms with Gasteiger partial charge in [0.1, 0.15) is 18.1 Å². The number of hydrogen-bond acceptors (Lipinski definition) is 6. The van der Waals surface area contributed by atoms with Crippen molar-refractivity contribution < 1.29 is 19.2 Å². The molecule has 9 heteroatoms. The third-order valence-electron chi connectivity index (χ3n) is 8.37. The zero-order valence-electron chi connectivity index (χ0n) is 29.0. The molecule has 0 saturated heterocycles. The highest BCUT2D eigenvalue weighted by Crippen LogP contribution is 2.22. The second-order valence-corrected chi connectivity index (χ2v) is 13.2. The van der Waals surface area contributed by atoms with E-state index in [4.69, 9.17) is 0 Å². The molecule has 0 aromatic rings. The third kappa shape index (κ3) is 11.4.